The van der Waals surface area contributed by atoms with Crippen LogP contribution < -0.4 is 4.74 Å². The Morgan fingerprint density at radius 2 is 1.66 bits per heavy atom. The summed E-state index contributed by atoms with van der Waals surface area (Å²) in [6.45, 7) is 2.58. The minimum atomic E-state index is -0.275. The lowest BCUT2D eigenvalue weighted by atomic mass is 10.1. The third kappa shape index (κ3) is 3.01. The van der Waals surface area contributed by atoms with Crippen molar-refractivity contribution in [2.24, 2.45) is 0 Å². The van der Waals surface area contributed by atoms with Gasteiger partial charge in [-0.3, -0.25) is 4.98 Å². The van der Waals surface area contributed by atoms with Gasteiger partial charge >= 0.3 is 0 Å². The maximum atomic E-state index is 13.5. The first-order chi connectivity index (χ1) is 14.2. The molecule has 0 spiro atoms. The largest absolute Gasteiger partial charge is 0.494 e. The highest BCUT2D eigenvalue weighted by Crippen LogP contribution is 2.34. The van der Waals surface area contributed by atoms with Crippen molar-refractivity contribution in [3.05, 3.63) is 84.8 Å². The van der Waals surface area contributed by atoms with Crippen molar-refractivity contribution in [2.45, 2.75) is 6.92 Å². The van der Waals surface area contributed by atoms with E-state index in [4.69, 9.17) is 9.84 Å². The second-order valence-electron chi connectivity index (χ2n) is 6.73. The van der Waals surface area contributed by atoms with Gasteiger partial charge in [0.25, 0.3) is 0 Å². The van der Waals surface area contributed by atoms with Crippen LogP contribution in [0.3, 0.4) is 0 Å². The van der Waals surface area contributed by atoms with Gasteiger partial charge in [-0.15, -0.1) is 0 Å². The Bertz CT molecular complexity index is 1310. The van der Waals surface area contributed by atoms with E-state index in [1.54, 1.807) is 12.1 Å². The predicted molar refractivity (Wildman–Crippen MR) is 113 cm³/mol. The van der Waals surface area contributed by atoms with Gasteiger partial charge in [-0.2, -0.15) is 5.10 Å². The van der Waals surface area contributed by atoms with Crippen molar-refractivity contribution in [3.8, 4) is 22.7 Å². The van der Waals surface area contributed by atoms with Crippen molar-refractivity contribution in [1.82, 2.24) is 14.8 Å². The molecular weight excluding hydrogens is 365 g/mol. The molecule has 5 heteroatoms. The number of pyridine rings is 1. The first-order valence-corrected chi connectivity index (χ1v) is 9.50. The Morgan fingerprint density at radius 1 is 0.897 bits per heavy atom. The maximum absolute atomic E-state index is 13.5. The van der Waals surface area contributed by atoms with Gasteiger partial charge < -0.3 is 4.74 Å². The van der Waals surface area contributed by atoms with Gasteiger partial charge in [0.05, 0.1) is 23.3 Å². The van der Waals surface area contributed by atoms with E-state index in [9.17, 15) is 4.39 Å². The van der Waals surface area contributed by atoms with Crippen LogP contribution in [0.4, 0.5) is 4.39 Å². The molecule has 0 saturated heterocycles. The van der Waals surface area contributed by atoms with Crippen LogP contribution >= 0.6 is 0 Å². The van der Waals surface area contributed by atoms with Crippen molar-refractivity contribution >= 4 is 21.8 Å². The van der Waals surface area contributed by atoms with E-state index in [1.807, 2.05) is 66.3 Å². The molecule has 0 unspecified atom stereocenters. The average molecular weight is 383 g/mol. The van der Waals surface area contributed by atoms with Crippen molar-refractivity contribution < 1.29 is 9.13 Å². The van der Waals surface area contributed by atoms with Crippen molar-refractivity contribution in [2.75, 3.05) is 6.61 Å². The molecule has 0 saturated carbocycles. The second-order valence-corrected chi connectivity index (χ2v) is 6.73. The summed E-state index contributed by atoms with van der Waals surface area (Å²) in [6, 6.07) is 22.2. The molecule has 142 valence electrons. The lowest BCUT2D eigenvalue weighted by Crippen LogP contribution is -1.97. The Morgan fingerprint density at radius 3 is 2.41 bits per heavy atom. The lowest BCUT2D eigenvalue weighted by Gasteiger charge is -2.05. The maximum Gasteiger partial charge on any atom is 0.123 e. The van der Waals surface area contributed by atoms with E-state index >= 15 is 0 Å². The Hall–Kier alpha value is -3.73. The zero-order valence-electron chi connectivity index (χ0n) is 15.8. The van der Waals surface area contributed by atoms with Crippen molar-refractivity contribution in [1.29, 1.82) is 0 Å². The monoisotopic (exact) mass is 383 g/mol. The summed E-state index contributed by atoms with van der Waals surface area (Å²) in [5, 5.41) is 6.84. The number of ether oxygens (including phenoxy) is 1. The van der Waals surface area contributed by atoms with Crippen LogP contribution in [0, 0.1) is 5.82 Å². The first-order valence-electron chi connectivity index (χ1n) is 9.50. The number of para-hydroxylation sites is 1. The quantitative estimate of drug-likeness (QED) is 0.395. The molecule has 0 N–H and O–H groups in total. The fourth-order valence-corrected chi connectivity index (χ4v) is 3.59. The molecule has 0 aliphatic carbocycles. The fraction of sp³-hybridized carbons (Fsp3) is 0.0833. The molecule has 0 aliphatic rings. The third-order valence-corrected chi connectivity index (χ3v) is 4.92. The van der Waals surface area contributed by atoms with Gasteiger partial charge in [-0.05, 0) is 61.5 Å². The number of hydrogen-bond acceptors (Lipinski definition) is 3. The molecule has 0 aliphatic heterocycles. The number of halogens is 1. The lowest BCUT2D eigenvalue weighted by molar-refractivity contribution is 0.340. The van der Waals surface area contributed by atoms with E-state index in [2.05, 4.69) is 4.98 Å². The molecule has 0 atom stereocenters. The molecule has 29 heavy (non-hydrogen) atoms. The second kappa shape index (κ2) is 7.02. The van der Waals surface area contributed by atoms with E-state index < -0.39 is 0 Å². The SMILES string of the molecule is CCOc1ccc(-c2nn(-c3ccc(F)cc3)c3c2cnc2ccccc23)cc1. The molecule has 3 aromatic carbocycles. The molecule has 0 fully saturated rings. The summed E-state index contributed by atoms with van der Waals surface area (Å²) >= 11 is 0. The summed E-state index contributed by atoms with van der Waals surface area (Å²) < 4.78 is 20.9. The molecule has 0 bridgehead atoms. The molecule has 2 heterocycles. The van der Waals surface area contributed by atoms with Crippen LogP contribution in [0.1, 0.15) is 6.92 Å². The topological polar surface area (TPSA) is 39.9 Å². The van der Waals surface area contributed by atoms with E-state index in [1.165, 1.54) is 12.1 Å². The van der Waals surface area contributed by atoms with Gasteiger partial charge in [0.1, 0.15) is 17.3 Å². The van der Waals surface area contributed by atoms with Crippen LogP contribution in [0.2, 0.25) is 0 Å². The van der Waals surface area contributed by atoms with Gasteiger partial charge in [-0.1, -0.05) is 18.2 Å². The Kier molecular flexibility index (Phi) is 4.21. The normalized spacial score (nSPS) is 11.2. The molecule has 5 rings (SSSR count). The third-order valence-electron chi connectivity index (χ3n) is 4.92. The van der Waals surface area contributed by atoms with Gasteiger partial charge in [-0.25, -0.2) is 9.07 Å². The molecule has 0 amide bonds. The molecule has 2 aromatic heterocycles. The summed E-state index contributed by atoms with van der Waals surface area (Å²) in [5.74, 6) is 0.547. The number of aromatic nitrogens is 3. The van der Waals surface area contributed by atoms with Gasteiger partial charge in [0.2, 0.25) is 0 Å². The molecule has 5 aromatic rings. The van der Waals surface area contributed by atoms with Crippen LogP contribution in [0.15, 0.2) is 79.0 Å². The van der Waals surface area contributed by atoms with Gasteiger partial charge in [0.15, 0.2) is 0 Å². The smallest absolute Gasteiger partial charge is 0.123 e. The van der Waals surface area contributed by atoms with Crippen LogP contribution in [-0.4, -0.2) is 21.4 Å². The minimum Gasteiger partial charge on any atom is -0.494 e. The van der Waals surface area contributed by atoms with Crippen LogP contribution in [0.25, 0.3) is 38.8 Å². The highest BCUT2D eigenvalue weighted by Gasteiger charge is 2.17. The number of fused-ring (bicyclic) bond motifs is 3. The molecular formula is C24H18FN3O. The molecule has 0 radical (unpaired) electrons. The van der Waals surface area contributed by atoms with Crippen LogP contribution in [-0.2, 0) is 0 Å². The van der Waals surface area contributed by atoms with Crippen LogP contribution in [0.5, 0.6) is 5.75 Å². The Balaban J connectivity index is 1.79. The van der Waals surface area contributed by atoms with E-state index in [-0.39, 0.29) is 5.82 Å². The zero-order chi connectivity index (χ0) is 19.8. The number of hydrogen-bond donors (Lipinski definition) is 0. The minimum absolute atomic E-state index is 0.275. The summed E-state index contributed by atoms with van der Waals surface area (Å²) in [4.78, 5) is 4.63. The summed E-state index contributed by atoms with van der Waals surface area (Å²) in [6.07, 6.45) is 1.86. The predicted octanol–water partition coefficient (Wildman–Crippen LogP) is 5.78. The first kappa shape index (κ1) is 17.4. The van der Waals surface area contributed by atoms with Gasteiger partial charge in [0, 0.05) is 22.5 Å². The summed E-state index contributed by atoms with van der Waals surface area (Å²) in [7, 11) is 0. The zero-order valence-corrected chi connectivity index (χ0v) is 15.8. The molecule has 4 nitrogen and oxygen atoms in total. The standard InChI is InChI=1S/C24H18FN3O/c1-2-29-19-13-7-16(8-14-19)23-21-15-26-22-6-4-3-5-20(22)24(21)28(27-23)18-11-9-17(25)10-12-18/h3-15H,2H2,1H3. The van der Waals surface area contributed by atoms with E-state index in [0.717, 1.165) is 44.5 Å². The number of rotatable bonds is 4. The highest BCUT2D eigenvalue weighted by atomic mass is 19.1. The average Bonchev–Trinajstić information content (AvgIpc) is 3.15. The number of nitrogens with zero attached hydrogens (tertiary/aromatic N) is 3. The van der Waals surface area contributed by atoms with E-state index in [0.29, 0.717) is 6.61 Å². The fourth-order valence-electron chi connectivity index (χ4n) is 3.59. The number of benzene rings is 3. The van der Waals surface area contributed by atoms with Crippen molar-refractivity contribution in [3.63, 3.8) is 0 Å². The summed E-state index contributed by atoms with van der Waals surface area (Å²) in [5.41, 5.74) is 4.43. The highest BCUT2D eigenvalue weighted by molar-refractivity contribution is 6.08. The Labute approximate surface area is 167 Å².